The van der Waals surface area contributed by atoms with Crippen molar-refractivity contribution in [2.45, 2.75) is 31.1 Å². The maximum atomic E-state index is 13.6. The fourth-order valence-electron chi connectivity index (χ4n) is 2.55. The van der Waals surface area contributed by atoms with Crippen LogP contribution in [-0.4, -0.2) is 11.1 Å². The highest BCUT2D eigenvalue weighted by molar-refractivity contribution is 5.82. The van der Waals surface area contributed by atoms with E-state index in [1.807, 2.05) is 0 Å². The van der Waals surface area contributed by atoms with Gasteiger partial charge in [-0.1, -0.05) is 12.8 Å². The van der Waals surface area contributed by atoms with Gasteiger partial charge in [0.05, 0.1) is 5.41 Å². The van der Waals surface area contributed by atoms with E-state index < -0.39 is 34.4 Å². The first-order valence-corrected chi connectivity index (χ1v) is 5.36. The molecule has 0 atom stereocenters. The Kier molecular flexibility index (Phi) is 2.85. The molecule has 0 radical (unpaired) electrons. The van der Waals surface area contributed by atoms with Crippen molar-refractivity contribution in [1.82, 2.24) is 0 Å². The van der Waals surface area contributed by atoms with Crippen LogP contribution in [0.1, 0.15) is 31.2 Å². The van der Waals surface area contributed by atoms with Crippen molar-refractivity contribution in [3.63, 3.8) is 0 Å². The van der Waals surface area contributed by atoms with Crippen LogP contribution < -0.4 is 0 Å². The molecular weight excluding hydrogens is 233 g/mol. The Balaban J connectivity index is 2.62. The van der Waals surface area contributed by atoms with Crippen LogP contribution in [-0.2, 0) is 10.2 Å². The normalized spacial score (nSPS) is 18.3. The Morgan fingerprint density at radius 2 is 1.59 bits per heavy atom. The molecule has 17 heavy (non-hydrogen) atoms. The number of carbonyl (C=O) groups is 1. The monoisotopic (exact) mass is 244 g/mol. The summed E-state index contributed by atoms with van der Waals surface area (Å²) in [7, 11) is 0. The molecule has 0 aromatic heterocycles. The zero-order valence-electron chi connectivity index (χ0n) is 8.97. The second-order valence-corrected chi connectivity index (χ2v) is 4.34. The standard InChI is InChI=1S/C12H11F3O2/c13-7-5-8(14)10(9(15)6-7)12(11(16)17)3-1-2-4-12/h5-6H,1-4H2,(H,16,17). The van der Waals surface area contributed by atoms with Crippen LogP contribution in [0.5, 0.6) is 0 Å². The van der Waals surface area contributed by atoms with E-state index in [9.17, 15) is 23.1 Å². The smallest absolute Gasteiger partial charge is 0.314 e. The lowest BCUT2D eigenvalue weighted by Gasteiger charge is -2.25. The lowest BCUT2D eigenvalue weighted by Crippen LogP contribution is -2.34. The molecule has 92 valence electrons. The molecule has 1 saturated carbocycles. The zero-order valence-corrected chi connectivity index (χ0v) is 8.97. The van der Waals surface area contributed by atoms with Crippen molar-refractivity contribution >= 4 is 5.97 Å². The average molecular weight is 244 g/mol. The SMILES string of the molecule is O=C(O)C1(c2c(F)cc(F)cc2F)CCCC1. The largest absolute Gasteiger partial charge is 0.481 e. The van der Waals surface area contributed by atoms with E-state index in [1.54, 1.807) is 0 Å². The number of halogens is 3. The van der Waals surface area contributed by atoms with Gasteiger partial charge in [-0.15, -0.1) is 0 Å². The summed E-state index contributed by atoms with van der Waals surface area (Å²) in [6, 6.07) is 1.06. The molecule has 1 aliphatic carbocycles. The van der Waals surface area contributed by atoms with Gasteiger partial charge in [-0.05, 0) is 12.8 Å². The fraction of sp³-hybridized carbons (Fsp3) is 0.417. The molecule has 2 rings (SSSR count). The Morgan fingerprint density at radius 1 is 1.12 bits per heavy atom. The number of hydrogen-bond acceptors (Lipinski definition) is 1. The van der Waals surface area contributed by atoms with Gasteiger partial charge in [-0.3, -0.25) is 4.79 Å². The molecule has 1 aliphatic rings. The van der Waals surface area contributed by atoms with Gasteiger partial charge in [-0.25, -0.2) is 13.2 Å². The van der Waals surface area contributed by atoms with Crippen LogP contribution in [0.4, 0.5) is 13.2 Å². The van der Waals surface area contributed by atoms with Gasteiger partial charge in [0.25, 0.3) is 0 Å². The maximum absolute atomic E-state index is 13.6. The Hall–Kier alpha value is -1.52. The van der Waals surface area contributed by atoms with Crippen molar-refractivity contribution in [2.24, 2.45) is 0 Å². The second-order valence-electron chi connectivity index (χ2n) is 4.34. The molecule has 1 aromatic carbocycles. The van der Waals surface area contributed by atoms with Gasteiger partial charge in [0.2, 0.25) is 0 Å². The molecule has 0 heterocycles. The van der Waals surface area contributed by atoms with E-state index in [2.05, 4.69) is 0 Å². The van der Waals surface area contributed by atoms with Crippen molar-refractivity contribution < 1.29 is 23.1 Å². The second kappa shape index (κ2) is 4.05. The van der Waals surface area contributed by atoms with Crippen molar-refractivity contribution in [2.75, 3.05) is 0 Å². The summed E-state index contributed by atoms with van der Waals surface area (Å²) in [6.45, 7) is 0. The summed E-state index contributed by atoms with van der Waals surface area (Å²) in [4.78, 5) is 11.3. The highest BCUT2D eigenvalue weighted by atomic mass is 19.1. The van der Waals surface area contributed by atoms with E-state index in [0.29, 0.717) is 25.0 Å². The number of aliphatic carboxylic acids is 1. The Labute approximate surface area is 96.1 Å². The summed E-state index contributed by atoms with van der Waals surface area (Å²) < 4.78 is 40.0. The van der Waals surface area contributed by atoms with Crippen molar-refractivity contribution in [3.8, 4) is 0 Å². The molecule has 0 aliphatic heterocycles. The predicted octanol–water partition coefficient (Wildman–Crippen LogP) is 3.00. The fourth-order valence-corrected chi connectivity index (χ4v) is 2.55. The van der Waals surface area contributed by atoms with Crippen molar-refractivity contribution in [3.05, 3.63) is 35.1 Å². The number of rotatable bonds is 2. The topological polar surface area (TPSA) is 37.3 Å². The minimum absolute atomic E-state index is 0.182. The molecular formula is C12H11F3O2. The Bertz CT molecular complexity index is 442. The van der Waals surface area contributed by atoms with Crippen LogP contribution in [0, 0.1) is 17.5 Å². The van der Waals surface area contributed by atoms with E-state index in [1.165, 1.54) is 0 Å². The van der Waals surface area contributed by atoms with Gasteiger partial charge >= 0.3 is 5.97 Å². The first kappa shape index (κ1) is 12.0. The molecule has 0 bridgehead atoms. The highest BCUT2D eigenvalue weighted by Crippen LogP contribution is 2.43. The van der Waals surface area contributed by atoms with E-state index in [-0.39, 0.29) is 12.8 Å². The molecule has 1 aromatic rings. The molecule has 1 N–H and O–H groups in total. The minimum Gasteiger partial charge on any atom is -0.481 e. The third-order valence-electron chi connectivity index (χ3n) is 3.35. The number of hydrogen-bond donors (Lipinski definition) is 1. The summed E-state index contributed by atoms with van der Waals surface area (Å²) in [5, 5.41) is 9.21. The third-order valence-corrected chi connectivity index (χ3v) is 3.35. The van der Waals surface area contributed by atoms with Gasteiger partial charge in [0, 0.05) is 17.7 Å². The van der Waals surface area contributed by atoms with Crippen LogP contribution >= 0.6 is 0 Å². The summed E-state index contributed by atoms with van der Waals surface area (Å²) >= 11 is 0. The number of benzene rings is 1. The third kappa shape index (κ3) is 1.79. The summed E-state index contributed by atoms with van der Waals surface area (Å²) in [5.74, 6) is -4.53. The van der Waals surface area contributed by atoms with Gasteiger partial charge < -0.3 is 5.11 Å². The lowest BCUT2D eigenvalue weighted by atomic mass is 9.78. The average Bonchev–Trinajstić information content (AvgIpc) is 2.66. The van der Waals surface area contributed by atoms with E-state index in [4.69, 9.17) is 0 Å². The predicted molar refractivity (Wildman–Crippen MR) is 54.1 cm³/mol. The summed E-state index contributed by atoms with van der Waals surface area (Å²) in [5.41, 5.74) is -2.05. The van der Waals surface area contributed by atoms with Gasteiger partial charge in [0.15, 0.2) is 0 Å². The molecule has 0 unspecified atom stereocenters. The summed E-state index contributed by atoms with van der Waals surface area (Å²) in [6.07, 6.45) is 1.56. The molecule has 2 nitrogen and oxygen atoms in total. The quantitative estimate of drug-likeness (QED) is 0.868. The first-order valence-electron chi connectivity index (χ1n) is 5.36. The van der Waals surface area contributed by atoms with Crippen LogP contribution in [0.3, 0.4) is 0 Å². The minimum atomic E-state index is -1.54. The molecule has 5 heteroatoms. The molecule has 0 spiro atoms. The van der Waals surface area contributed by atoms with Crippen LogP contribution in [0.25, 0.3) is 0 Å². The molecule has 0 saturated heterocycles. The van der Waals surface area contributed by atoms with Crippen LogP contribution in [0.15, 0.2) is 12.1 Å². The molecule has 1 fully saturated rings. The van der Waals surface area contributed by atoms with Gasteiger partial charge in [0.1, 0.15) is 17.5 Å². The molecule has 0 amide bonds. The lowest BCUT2D eigenvalue weighted by molar-refractivity contribution is -0.143. The maximum Gasteiger partial charge on any atom is 0.314 e. The number of carboxylic acid groups (broad SMARTS) is 1. The highest BCUT2D eigenvalue weighted by Gasteiger charge is 2.46. The van der Waals surface area contributed by atoms with Gasteiger partial charge in [-0.2, -0.15) is 0 Å². The number of carboxylic acids is 1. The first-order chi connectivity index (χ1) is 7.97. The zero-order chi connectivity index (χ0) is 12.6. The van der Waals surface area contributed by atoms with Crippen molar-refractivity contribution in [1.29, 1.82) is 0 Å². The van der Waals surface area contributed by atoms with E-state index >= 15 is 0 Å². The van der Waals surface area contributed by atoms with E-state index in [0.717, 1.165) is 0 Å². The Morgan fingerprint density at radius 3 is 2.00 bits per heavy atom. The van der Waals surface area contributed by atoms with Crippen LogP contribution in [0.2, 0.25) is 0 Å².